The third-order valence-electron chi connectivity index (χ3n) is 4.51. The van der Waals surface area contributed by atoms with Crippen molar-refractivity contribution in [1.29, 1.82) is 0 Å². The Kier molecular flexibility index (Phi) is 3.56. The van der Waals surface area contributed by atoms with Crippen LogP contribution in [-0.4, -0.2) is 16.1 Å². The average Bonchev–Trinajstić information content (AvgIpc) is 3.03. The van der Waals surface area contributed by atoms with E-state index in [1.54, 1.807) is 0 Å². The number of amides is 1. The van der Waals surface area contributed by atoms with Crippen LogP contribution in [0.5, 0.6) is 0 Å². The SMILES string of the molecule is CC(C)c1nnc(NC(=O)CC2CC3CCC2C3)s1. The van der Waals surface area contributed by atoms with Gasteiger partial charge in [-0.25, -0.2) is 0 Å². The molecular formula is C14H21N3OS. The zero-order valence-corrected chi connectivity index (χ0v) is 12.4. The Labute approximate surface area is 118 Å². The topological polar surface area (TPSA) is 54.9 Å². The number of rotatable bonds is 4. The zero-order chi connectivity index (χ0) is 13.4. The molecule has 3 rings (SSSR count). The molecule has 2 aliphatic carbocycles. The fourth-order valence-corrected chi connectivity index (χ4v) is 4.32. The van der Waals surface area contributed by atoms with Crippen molar-refractivity contribution in [2.24, 2.45) is 17.8 Å². The Morgan fingerprint density at radius 3 is 2.79 bits per heavy atom. The van der Waals surface area contributed by atoms with Gasteiger partial charge in [0.25, 0.3) is 0 Å². The molecule has 19 heavy (non-hydrogen) atoms. The summed E-state index contributed by atoms with van der Waals surface area (Å²) >= 11 is 1.49. The first-order chi connectivity index (χ1) is 9.11. The summed E-state index contributed by atoms with van der Waals surface area (Å²) in [5.41, 5.74) is 0. The Morgan fingerprint density at radius 2 is 2.21 bits per heavy atom. The second-order valence-corrected chi connectivity index (χ2v) is 7.30. The third kappa shape index (κ3) is 2.81. The van der Waals surface area contributed by atoms with Crippen molar-refractivity contribution in [2.75, 3.05) is 5.32 Å². The molecule has 3 unspecified atom stereocenters. The molecule has 3 atom stereocenters. The lowest BCUT2D eigenvalue weighted by Crippen LogP contribution is -2.20. The number of carbonyl (C=O) groups excluding carboxylic acids is 1. The molecule has 2 saturated carbocycles. The van der Waals surface area contributed by atoms with E-state index in [1.807, 2.05) is 0 Å². The molecule has 2 bridgehead atoms. The van der Waals surface area contributed by atoms with Crippen LogP contribution in [0.4, 0.5) is 5.13 Å². The van der Waals surface area contributed by atoms with Crippen LogP contribution in [0.3, 0.4) is 0 Å². The monoisotopic (exact) mass is 279 g/mol. The average molecular weight is 279 g/mol. The summed E-state index contributed by atoms with van der Waals surface area (Å²) in [4.78, 5) is 12.1. The van der Waals surface area contributed by atoms with E-state index in [1.165, 1.54) is 37.0 Å². The Morgan fingerprint density at radius 1 is 1.37 bits per heavy atom. The number of hydrogen-bond donors (Lipinski definition) is 1. The summed E-state index contributed by atoms with van der Waals surface area (Å²) in [7, 11) is 0. The second kappa shape index (κ2) is 5.19. The van der Waals surface area contributed by atoms with Crippen LogP contribution >= 0.6 is 11.3 Å². The van der Waals surface area contributed by atoms with Gasteiger partial charge >= 0.3 is 0 Å². The van der Waals surface area contributed by atoms with Gasteiger partial charge in [-0.3, -0.25) is 4.79 Å². The van der Waals surface area contributed by atoms with Crippen LogP contribution in [0, 0.1) is 17.8 Å². The van der Waals surface area contributed by atoms with E-state index in [4.69, 9.17) is 0 Å². The molecule has 2 fully saturated rings. The molecule has 0 saturated heterocycles. The van der Waals surface area contributed by atoms with E-state index in [0.717, 1.165) is 16.8 Å². The highest BCUT2D eigenvalue weighted by molar-refractivity contribution is 7.15. The Balaban J connectivity index is 1.53. The Bertz CT molecular complexity index is 471. The number of nitrogens with one attached hydrogen (secondary N) is 1. The van der Waals surface area contributed by atoms with E-state index in [9.17, 15) is 4.79 Å². The summed E-state index contributed by atoms with van der Waals surface area (Å²) in [6.07, 6.45) is 5.99. The van der Waals surface area contributed by atoms with Gasteiger partial charge in [-0.2, -0.15) is 0 Å². The van der Waals surface area contributed by atoms with Crippen LogP contribution in [0.25, 0.3) is 0 Å². The number of nitrogens with zero attached hydrogens (tertiary/aromatic N) is 2. The standard InChI is InChI=1S/C14H21N3OS/c1-8(2)13-16-17-14(19-13)15-12(18)7-11-6-9-3-4-10(11)5-9/h8-11H,3-7H2,1-2H3,(H,15,17,18). The van der Waals surface area contributed by atoms with Crippen LogP contribution in [0.1, 0.15) is 56.9 Å². The van der Waals surface area contributed by atoms with Gasteiger partial charge in [-0.05, 0) is 37.0 Å². The van der Waals surface area contributed by atoms with E-state index in [2.05, 4.69) is 29.4 Å². The van der Waals surface area contributed by atoms with E-state index in [-0.39, 0.29) is 5.91 Å². The van der Waals surface area contributed by atoms with Gasteiger partial charge in [0.2, 0.25) is 11.0 Å². The smallest absolute Gasteiger partial charge is 0.226 e. The molecule has 1 N–H and O–H groups in total. The number of fused-ring (bicyclic) bond motifs is 2. The maximum absolute atomic E-state index is 12.1. The summed E-state index contributed by atoms with van der Waals surface area (Å²) in [6.45, 7) is 4.17. The predicted molar refractivity (Wildman–Crippen MR) is 76.2 cm³/mol. The van der Waals surface area contributed by atoms with Crippen molar-refractivity contribution in [3.63, 3.8) is 0 Å². The van der Waals surface area contributed by atoms with Crippen molar-refractivity contribution in [3.05, 3.63) is 5.01 Å². The summed E-state index contributed by atoms with van der Waals surface area (Å²) < 4.78 is 0. The first-order valence-electron chi connectivity index (χ1n) is 7.25. The Hall–Kier alpha value is -0.970. The van der Waals surface area contributed by atoms with Crippen LogP contribution in [0.15, 0.2) is 0 Å². The predicted octanol–water partition coefficient (Wildman–Crippen LogP) is 3.43. The van der Waals surface area contributed by atoms with Gasteiger partial charge in [0.1, 0.15) is 5.01 Å². The highest BCUT2D eigenvalue weighted by atomic mass is 32.1. The molecule has 4 nitrogen and oxygen atoms in total. The minimum Gasteiger partial charge on any atom is -0.301 e. The molecule has 2 aliphatic rings. The molecule has 1 aromatic rings. The van der Waals surface area contributed by atoms with Gasteiger partial charge in [0.15, 0.2) is 0 Å². The number of carbonyl (C=O) groups is 1. The van der Waals surface area contributed by atoms with Crippen molar-refractivity contribution in [2.45, 2.75) is 51.9 Å². The van der Waals surface area contributed by atoms with Gasteiger partial charge in [0, 0.05) is 12.3 Å². The van der Waals surface area contributed by atoms with Crippen molar-refractivity contribution in [3.8, 4) is 0 Å². The highest BCUT2D eigenvalue weighted by Crippen LogP contribution is 2.49. The molecule has 0 aromatic carbocycles. The fourth-order valence-electron chi connectivity index (χ4n) is 3.55. The number of hydrogen-bond acceptors (Lipinski definition) is 4. The summed E-state index contributed by atoms with van der Waals surface area (Å²) in [5.74, 6) is 2.79. The normalized spacial score (nSPS) is 29.1. The molecule has 104 valence electrons. The third-order valence-corrected chi connectivity index (χ3v) is 5.65. The fraction of sp³-hybridized carbons (Fsp3) is 0.786. The number of aromatic nitrogens is 2. The lowest BCUT2D eigenvalue weighted by Gasteiger charge is -2.20. The lowest BCUT2D eigenvalue weighted by atomic mass is 9.86. The van der Waals surface area contributed by atoms with Gasteiger partial charge in [-0.1, -0.05) is 31.6 Å². The first kappa shape index (κ1) is 13.0. The molecular weight excluding hydrogens is 258 g/mol. The van der Waals surface area contributed by atoms with Gasteiger partial charge in [-0.15, -0.1) is 10.2 Å². The quantitative estimate of drug-likeness (QED) is 0.918. The molecule has 5 heteroatoms. The van der Waals surface area contributed by atoms with Crippen LogP contribution in [0.2, 0.25) is 0 Å². The maximum atomic E-state index is 12.1. The van der Waals surface area contributed by atoms with E-state index in [0.29, 0.717) is 23.4 Å². The lowest BCUT2D eigenvalue weighted by molar-refractivity contribution is -0.117. The molecule has 1 amide bonds. The van der Waals surface area contributed by atoms with Crippen molar-refractivity contribution >= 4 is 22.4 Å². The minimum atomic E-state index is 0.115. The van der Waals surface area contributed by atoms with Crippen LogP contribution in [-0.2, 0) is 4.79 Å². The highest BCUT2D eigenvalue weighted by Gasteiger charge is 2.40. The summed E-state index contributed by atoms with van der Waals surface area (Å²) in [5, 5.41) is 12.7. The maximum Gasteiger partial charge on any atom is 0.226 e. The van der Waals surface area contributed by atoms with Gasteiger partial charge < -0.3 is 5.32 Å². The molecule has 0 radical (unpaired) electrons. The first-order valence-corrected chi connectivity index (χ1v) is 8.06. The second-order valence-electron chi connectivity index (χ2n) is 6.29. The molecule has 0 spiro atoms. The van der Waals surface area contributed by atoms with Crippen molar-refractivity contribution in [1.82, 2.24) is 10.2 Å². The molecule has 1 aromatic heterocycles. The van der Waals surface area contributed by atoms with E-state index >= 15 is 0 Å². The number of anilines is 1. The molecule has 0 aliphatic heterocycles. The summed E-state index contributed by atoms with van der Waals surface area (Å²) in [6, 6.07) is 0. The van der Waals surface area contributed by atoms with E-state index < -0.39 is 0 Å². The van der Waals surface area contributed by atoms with Gasteiger partial charge in [0.05, 0.1) is 0 Å². The van der Waals surface area contributed by atoms with Crippen LogP contribution < -0.4 is 5.32 Å². The zero-order valence-electron chi connectivity index (χ0n) is 11.6. The molecule has 1 heterocycles. The largest absolute Gasteiger partial charge is 0.301 e. The van der Waals surface area contributed by atoms with Crippen molar-refractivity contribution < 1.29 is 4.79 Å². The minimum absolute atomic E-state index is 0.115.